The zero-order chi connectivity index (χ0) is 20.9. The van der Waals surface area contributed by atoms with Gasteiger partial charge in [0.15, 0.2) is 0 Å². The summed E-state index contributed by atoms with van der Waals surface area (Å²) in [4.78, 5) is 12.6. The van der Waals surface area contributed by atoms with E-state index in [1.807, 2.05) is 0 Å². The minimum Gasteiger partial charge on any atom is -0.497 e. The number of benzene rings is 2. The molecule has 0 spiro atoms. The Morgan fingerprint density at radius 3 is 2.39 bits per heavy atom. The smallest absolute Gasteiger partial charge is 0.246 e. The first kappa shape index (κ1) is 21.5. The number of nitrogens with zero attached hydrogens (tertiary/aromatic N) is 1. The molecule has 0 aliphatic rings. The molecule has 1 unspecified atom stereocenters. The Morgan fingerprint density at radius 1 is 1.07 bits per heavy atom. The summed E-state index contributed by atoms with van der Waals surface area (Å²) < 4.78 is 36.1. The van der Waals surface area contributed by atoms with Crippen LogP contribution in [0.1, 0.15) is 6.92 Å². The second-order valence-corrected chi connectivity index (χ2v) is 8.39. The number of amides is 1. The van der Waals surface area contributed by atoms with Crippen molar-refractivity contribution in [1.29, 1.82) is 0 Å². The van der Waals surface area contributed by atoms with E-state index in [9.17, 15) is 13.2 Å². The summed E-state index contributed by atoms with van der Waals surface area (Å²) >= 11 is 0. The molecule has 0 radical (unpaired) electrons. The van der Waals surface area contributed by atoms with Crippen molar-refractivity contribution < 1.29 is 22.7 Å². The van der Waals surface area contributed by atoms with E-state index in [0.717, 1.165) is 4.31 Å². The van der Waals surface area contributed by atoms with Crippen molar-refractivity contribution >= 4 is 27.3 Å². The Hall–Kier alpha value is -2.78. The first-order valence-corrected chi connectivity index (χ1v) is 9.95. The fraction of sp³-hybridized carbons (Fsp3) is 0.316. The molecule has 0 saturated heterocycles. The fourth-order valence-corrected chi connectivity index (χ4v) is 3.36. The maximum absolute atomic E-state index is 12.5. The van der Waals surface area contributed by atoms with Gasteiger partial charge in [-0.3, -0.25) is 4.79 Å². The number of ether oxygens (including phenoxy) is 2. The highest BCUT2D eigenvalue weighted by Gasteiger charge is 2.19. The predicted octanol–water partition coefficient (Wildman–Crippen LogP) is 2.39. The molecule has 2 rings (SSSR count). The molecule has 9 heteroatoms. The van der Waals surface area contributed by atoms with E-state index >= 15 is 0 Å². The summed E-state index contributed by atoms with van der Waals surface area (Å²) in [6.07, 6.45) is 0. The molecule has 0 aliphatic carbocycles. The van der Waals surface area contributed by atoms with Crippen LogP contribution in [0.15, 0.2) is 47.4 Å². The van der Waals surface area contributed by atoms with E-state index in [0.29, 0.717) is 22.9 Å². The average Bonchev–Trinajstić information content (AvgIpc) is 2.68. The molecule has 2 aromatic rings. The van der Waals surface area contributed by atoms with Crippen LogP contribution in [0.25, 0.3) is 0 Å². The van der Waals surface area contributed by atoms with Gasteiger partial charge in [0.2, 0.25) is 15.9 Å². The number of nitrogens with one attached hydrogen (secondary N) is 2. The van der Waals surface area contributed by atoms with Gasteiger partial charge in [0.25, 0.3) is 0 Å². The van der Waals surface area contributed by atoms with Crippen LogP contribution in [0.5, 0.6) is 11.5 Å². The summed E-state index contributed by atoms with van der Waals surface area (Å²) in [5, 5.41) is 5.80. The van der Waals surface area contributed by atoms with Crippen molar-refractivity contribution in [3.63, 3.8) is 0 Å². The van der Waals surface area contributed by atoms with Gasteiger partial charge in [-0.05, 0) is 37.3 Å². The molecule has 8 nitrogen and oxygen atoms in total. The van der Waals surface area contributed by atoms with Gasteiger partial charge in [-0.15, -0.1) is 0 Å². The summed E-state index contributed by atoms with van der Waals surface area (Å²) in [6.45, 7) is 1.69. The molecule has 0 saturated carbocycles. The standard InChI is InChI=1S/C19H25N3O5S/c1-13(20-17-10-9-15(26-4)12-18(17)27-5)19(23)21-14-7-6-8-16(11-14)28(24,25)22(2)3/h6-13,20H,1-5H3,(H,21,23). The van der Waals surface area contributed by atoms with Gasteiger partial charge in [0.1, 0.15) is 17.5 Å². The number of carbonyl (C=O) groups excluding carboxylic acids is 1. The molecular weight excluding hydrogens is 382 g/mol. The SMILES string of the molecule is COc1ccc(NC(C)C(=O)Nc2cccc(S(=O)(=O)N(C)C)c2)c(OC)c1. The lowest BCUT2D eigenvalue weighted by Crippen LogP contribution is -2.32. The second-order valence-electron chi connectivity index (χ2n) is 6.24. The van der Waals surface area contributed by atoms with Crippen LogP contribution >= 0.6 is 0 Å². The Kier molecular flexibility index (Phi) is 6.87. The van der Waals surface area contributed by atoms with Crippen molar-refractivity contribution in [2.75, 3.05) is 38.9 Å². The van der Waals surface area contributed by atoms with Crippen LogP contribution in [0.4, 0.5) is 11.4 Å². The summed E-state index contributed by atoms with van der Waals surface area (Å²) in [7, 11) is 2.41. The summed E-state index contributed by atoms with van der Waals surface area (Å²) in [5.41, 5.74) is 1.03. The zero-order valence-corrected chi connectivity index (χ0v) is 17.3. The molecule has 0 aliphatic heterocycles. The van der Waals surface area contributed by atoms with Gasteiger partial charge < -0.3 is 20.1 Å². The monoisotopic (exact) mass is 407 g/mol. The molecule has 0 aromatic heterocycles. The molecule has 1 atom stereocenters. The largest absolute Gasteiger partial charge is 0.497 e. The topological polar surface area (TPSA) is 97.0 Å². The lowest BCUT2D eigenvalue weighted by molar-refractivity contribution is -0.116. The molecule has 1 amide bonds. The van der Waals surface area contributed by atoms with Crippen molar-refractivity contribution in [2.24, 2.45) is 0 Å². The van der Waals surface area contributed by atoms with Crippen LogP contribution in [0, 0.1) is 0 Å². The van der Waals surface area contributed by atoms with E-state index < -0.39 is 16.1 Å². The molecule has 2 aromatic carbocycles. The van der Waals surface area contributed by atoms with Gasteiger partial charge in [-0.25, -0.2) is 12.7 Å². The van der Waals surface area contributed by atoms with Crippen molar-refractivity contribution in [2.45, 2.75) is 17.9 Å². The van der Waals surface area contributed by atoms with Gasteiger partial charge in [0, 0.05) is 25.8 Å². The third-order valence-corrected chi connectivity index (χ3v) is 5.87. The van der Waals surface area contributed by atoms with Crippen molar-refractivity contribution in [1.82, 2.24) is 4.31 Å². The third kappa shape index (κ3) is 4.93. The number of carbonyl (C=O) groups is 1. The Morgan fingerprint density at radius 2 is 1.79 bits per heavy atom. The highest BCUT2D eigenvalue weighted by Crippen LogP contribution is 2.29. The molecule has 28 heavy (non-hydrogen) atoms. The van der Waals surface area contributed by atoms with Crippen molar-refractivity contribution in [3.05, 3.63) is 42.5 Å². The third-order valence-electron chi connectivity index (χ3n) is 4.05. The van der Waals surface area contributed by atoms with E-state index in [-0.39, 0.29) is 10.8 Å². The summed E-state index contributed by atoms with van der Waals surface area (Å²) in [5.74, 6) is 0.855. The van der Waals surface area contributed by atoms with Crippen LogP contribution in [0.3, 0.4) is 0 Å². The highest BCUT2D eigenvalue weighted by atomic mass is 32.2. The van der Waals surface area contributed by atoms with Crippen LogP contribution < -0.4 is 20.1 Å². The molecule has 152 valence electrons. The highest BCUT2D eigenvalue weighted by molar-refractivity contribution is 7.89. The summed E-state index contributed by atoms with van der Waals surface area (Å²) in [6, 6.07) is 10.7. The Labute approximate surface area is 165 Å². The van der Waals surface area contributed by atoms with Gasteiger partial charge in [0.05, 0.1) is 24.8 Å². The quantitative estimate of drug-likeness (QED) is 0.697. The lowest BCUT2D eigenvalue weighted by Gasteiger charge is -2.18. The van der Waals surface area contributed by atoms with Crippen LogP contribution in [0.2, 0.25) is 0 Å². The van der Waals surface area contributed by atoms with Gasteiger partial charge >= 0.3 is 0 Å². The number of hydrogen-bond donors (Lipinski definition) is 2. The Bertz CT molecular complexity index is 944. The van der Waals surface area contributed by atoms with E-state index in [4.69, 9.17) is 9.47 Å². The first-order chi connectivity index (χ1) is 13.2. The molecule has 0 fully saturated rings. The van der Waals surface area contributed by atoms with Crippen LogP contribution in [-0.4, -0.2) is 53.0 Å². The maximum Gasteiger partial charge on any atom is 0.246 e. The molecule has 0 heterocycles. The minimum atomic E-state index is -3.58. The predicted molar refractivity (Wildman–Crippen MR) is 109 cm³/mol. The minimum absolute atomic E-state index is 0.104. The fourth-order valence-electron chi connectivity index (χ4n) is 2.41. The molecule has 2 N–H and O–H groups in total. The first-order valence-electron chi connectivity index (χ1n) is 8.51. The number of anilines is 2. The lowest BCUT2D eigenvalue weighted by atomic mass is 10.2. The zero-order valence-electron chi connectivity index (χ0n) is 16.5. The number of rotatable bonds is 8. The number of hydrogen-bond acceptors (Lipinski definition) is 6. The number of sulfonamides is 1. The second kappa shape index (κ2) is 8.94. The van der Waals surface area contributed by atoms with E-state index in [1.54, 1.807) is 44.4 Å². The maximum atomic E-state index is 12.5. The number of methoxy groups -OCH3 is 2. The van der Waals surface area contributed by atoms with E-state index in [2.05, 4.69) is 10.6 Å². The Balaban J connectivity index is 2.13. The normalized spacial score (nSPS) is 12.4. The van der Waals surface area contributed by atoms with Crippen LogP contribution in [-0.2, 0) is 14.8 Å². The molecular formula is C19H25N3O5S. The van der Waals surface area contributed by atoms with E-state index in [1.165, 1.54) is 33.3 Å². The average molecular weight is 407 g/mol. The van der Waals surface area contributed by atoms with Gasteiger partial charge in [-0.1, -0.05) is 6.07 Å². The van der Waals surface area contributed by atoms with Crippen molar-refractivity contribution in [3.8, 4) is 11.5 Å². The molecule has 0 bridgehead atoms. The van der Waals surface area contributed by atoms with Gasteiger partial charge in [-0.2, -0.15) is 0 Å².